The Morgan fingerprint density at radius 3 is 2.76 bits per heavy atom. The number of benzene rings is 1. The molecule has 0 radical (unpaired) electrons. The molecular formula is C13H18BrFN2. The zero-order chi connectivity index (χ0) is 12.3. The Hall–Kier alpha value is -0.450. The minimum Gasteiger partial charge on any atom is -0.314 e. The second kappa shape index (κ2) is 5.94. The molecule has 0 unspecified atom stereocenters. The fraction of sp³-hybridized carbons (Fsp3) is 0.538. The van der Waals surface area contributed by atoms with Crippen molar-refractivity contribution in [1.82, 2.24) is 10.2 Å². The van der Waals surface area contributed by atoms with Crippen LogP contribution in [0.2, 0.25) is 0 Å². The van der Waals surface area contributed by atoms with E-state index in [2.05, 4.69) is 26.1 Å². The van der Waals surface area contributed by atoms with Crippen molar-refractivity contribution < 1.29 is 4.39 Å². The average Bonchev–Trinajstić information content (AvgIpc) is 2.33. The summed E-state index contributed by atoms with van der Waals surface area (Å²) < 4.78 is 13.9. The van der Waals surface area contributed by atoms with E-state index in [4.69, 9.17) is 0 Å². The predicted octanol–water partition coefficient (Wildman–Crippen LogP) is 2.34. The summed E-state index contributed by atoms with van der Waals surface area (Å²) >= 11 is 3.25. The second-order valence-electron chi connectivity index (χ2n) is 4.53. The number of nitrogens with zero attached hydrogens (tertiary/aromatic N) is 1. The van der Waals surface area contributed by atoms with E-state index in [0.29, 0.717) is 4.47 Å². The molecule has 0 saturated carbocycles. The molecule has 0 bridgehead atoms. The molecule has 1 N–H and O–H groups in total. The molecule has 1 saturated heterocycles. The van der Waals surface area contributed by atoms with Gasteiger partial charge in [-0.3, -0.25) is 0 Å². The van der Waals surface area contributed by atoms with E-state index in [1.807, 2.05) is 13.0 Å². The molecule has 0 spiro atoms. The van der Waals surface area contributed by atoms with Crippen LogP contribution in [0.1, 0.15) is 11.1 Å². The molecule has 1 aromatic rings. The van der Waals surface area contributed by atoms with Crippen LogP contribution in [0.25, 0.3) is 0 Å². The molecule has 0 aliphatic carbocycles. The van der Waals surface area contributed by atoms with Crippen molar-refractivity contribution in [2.24, 2.45) is 0 Å². The van der Waals surface area contributed by atoms with Crippen LogP contribution in [0.4, 0.5) is 4.39 Å². The van der Waals surface area contributed by atoms with Crippen LogP contribution in [-0.4, -0.2) is 37.6 Å². The van der Waals surface area contributed by atoms with Gasteiger partial charge in [-0.15, -0.1) is 0 Å². The van der Waals surface area contributed by atoms with Gasteiger partial charge in [0.1, 0.15) is 5.82 Å². The van der Waals surface area contributed by atoms with E-state index in [1.165, 1.54) is 5.56 Å². The summed E-state index contributed by atoms with van der Waals surface area (Å²) in [5.74, 6) is -0.173. The number of nitrogens with one attached hydrogen (secondary N) is 1. The largest absolute Gasteiger partial charge is 0.314 e. The number of aryl methyl sites for hydroxylation is 1. The van der Waals surface area contributed by atoms with Gasteiger partial charge in [0.2, 0.25) is 0 Å². The third-order valence-electron chi connectivity index (χ3n) is 3.29. The first-order chi connectivity index (χ1) is 8.16. The second-order valence-corrected chi connectivity index (χ2v) is 5.39. The lowest BCUT2D eigenvalue weighted by Gasteiger charge is -2.27. The molecule has 17 heavy (non-hydrogen) atoms. The maximum absolute atomic E-state index is 13.3. The molecule has 94 valence electrons. The lowest BCUT2D eigenvalue weighted by Crippen LogP contribution is -2.44. The van der Waals surface area contributed by atoms with E-state index in [9.17, 15) is 4.39 Å². The molecule has 1 aromatic carbocycles. The Kier molecular flexibility index (Phi) is 4.54. The van der Waals surface area contributed by atoms with Crippen molar-refractivity contribution >= 4 is 15.9 Å². The van der Waals surface area contributed by atoms with Gasteiger partial charge in [0, 0.05) is 32.7 Å². The molecule has 0 amide bonds. The normalized spacial score (nSPS) is 17.4. The molecule has 2 nitrogen and oxygen atoms in total. The SMILES string of the molecule is Cc1cc(F)c(Br)cc1CCN1CCNCC1. The summed E-state index contributed by atoms with van der Waals surface area (Å²) in [6, 6.07) is 3.52. The van der Waals surface area contributed by atoms with Crippen LogP contribution < -0.4 is 5.32 Å². The molecule has 2 rings (SSSR count). The molecule has 0 atom stereocenters. The van der Waals surface area contributed by atoms with E-state index in [-0.39, 0.29) is 5.82 Å². The lowest BCUT2D eigenvalue weighted by atomic mass is 10.1. The minimum absolute atomic E-state index is 0.173. The zero-order valence-electron chi connectivity index (χ0n) is 10.1. The highest BCUT2D eigenvalue weighted by atomic mass is 79.9. The molecule has 4 heteroatoms. The van der Waals surface area contributed by atoms with Crippen molar-refractivity contribution in [1.29, 1.82) is 0 Å². The Morgan fingerprint density at radius 2 is 2.06 bits per heavy atom. The summed E-state index contributed by atoms with van der Waals surface area (Å²) in [6.45, 7) is 7.41. The quantitative estimate of drug-likeness (QED) is 0.922. The van der Waals surface area contributed by atoms with Crippen molar-refractivity contribution in [3.8, 4) is 0 Å². The monoisotopic (exact) mass is 300 g/mol. The first kappa shape index (κ1) is 13.0. The minimum atomic E-state index is -0.173. The molecule has 1 aliphatic rings. The third kappa shape index (κ3) is 3.50. The average molecular weight is 301 g/mol. The topological polar surface area (TPSA) is 15.3 Å². The van der Waals surface area contributed by atoms with E-state index < -0.39 is 0 Å². The van der Waals surface area contributed by atoms with Gasteiger partial charge < -0.3 is 10.2 Å². The Bertz CT molecular complexity index is 389. The fourth-order valence-corrected chi connectivity index (χ4v) is 2.56. The predicted molar refractivity (Wildman–Crippen MR) is 71.9 cm³/mol. The third-order valence-corrected chi connectivity index (χ3v) is 3.89. The van der Waals surface area contributed by atoms with Gasteiger partial charge >= 0.3 is 0 Å². The van der Waals surface area contributed by atoms with Gasteiger partial charge in [0.25, 0.3) is 0 Å². The van der Waals surface area contributed by atoms with Crippen LogP contribution in [-0.2, 0) is 6.42 Å². The first-order valence-corrected chi connectivity index (χ1v) is 6.84. The Morgan fingerprint density at radius 1 is 1.35 bits per heavy atom. The van der Waals surface area contributed by atoms with Gasteiger partial charge in [0.05, 0.1) is 4.47 Å². The van der Waals surface area contributed by atoms with Crippen LogP contribution in [0.15, 0.2) is 16.6 Å². The summed E-state index contributed by atoms with van der Waals surface area (Å²) in [7, 11) is 0. The molecule has 1 fully saturated rings. The summed E-state index contributed by atoms with van der Waals surface area (Å²) in [6.07, 6.45) is 0.991. The van der Waals surface area contributed by atoms with E-state index in [1.54, 1.807) is 6.07 Å². The highest BCUT2D eigenvalue weighted by Crippen LogP contribution is 2.21. The van der Waals surface area contributed by atoms with Crippen molar-refractivity contribution in [3.05, 3.63) is 33.5 Å². The van der Waals surface area contributed by atoms with E-state index >= 15 is 0 Å². The van der Waals surface area contributed by atoms with Crippen LogP contribution >= 0.6 is 15.9 Å². The number of hydrogen-bond donors (Lipinski definition) is 1. The van der Waals surface area contributed by atoms with Gasteiger partial charge in [-0.1, -0.05) is 0 Å². The zero-order valence-corrected chi connectivity index (χ0v) is 11.7. The van der Waals surface area contributed by atoms with Gasteiger partial charge in [-0.2, -0.15) is 0 Å². The van der Waals surface area contributed by atoms with Crippen LogP contribution in [0.5, 0.6) is 0 Å². The van der Waals surface area contributed by atoms with Crippen molar-refractivity contribution in [3.63, 3.8) is 0 Å². The standard InChI is InChI=1S/C13H18BrFN2/c1-10-8-13(15)12(14)9-11(10)2-5-17-6-3-16-4-7-17/h8-9,16H,2-7H2,1H3. The number of halogens is 2. The van der Waals surface area contributed by atoms with Crippen molar-refractivity contribution in [2.45, 2.75) is 13.3 Å². The summed E-state index contributed by atoms with van der Waals surface area (Å²) in [5.41, 5.74) is 2.28. The van der Waals surface area contributed by atoms with Crippen LogP contribution in [0.3, 0.4) is 0 Å². The molecule has 1 heterocycles. The molecular weight excluding hydrogens is 283 g/mol. The molecule has 1 aliphatic heterocycles. The van der Waals surface area contributed by atoms with Gasteiger partial charge in [0.15, 0.2) is 0 Å². The maximum Gasteiger partial charge on any atom is 0.137 e. The smallest absolute Gasteiger partial charge is 0.137 e. The number of piperazine rings is 1. The summed E-state index contributed by atoms with van der Waals surface area (Å²) in [5, 5.41) is 3.34. The lowest BCUT2D eigenvalue weighted by molar-refractivity contribution is 0.244. The summed E-state index contributed by atoms with van der Waals surface area (Å²) in [4.78, 5) is 2.45. The van der Waals surface area contributed by atoms with Crippen LogP contribution in [0, 0.1) is 12.7 Å². The Balaban J connectivity index is 1.96. The van der Waals surface area contributed by atoms with Gasteiger partial charge in [-0.25, -0.2) is 4.39 Å². The first-order valence-electron chi connectivity index (χ1n) is 6.04. The number of rotatable bonds is 3. The van der Waals surface area contributed by atoms with Gasteiger partial charge in [-0.05, 0) is 52.5 Å². The molecule has 0 aromatic heterocycles. The van der Waals surface area contributed by atoms with Crippen molar-refractivity contribution in [2.75, 3.05) is 32.7 Å². The highest BCUT2D eigenvalue weighted by molar-refractivity contribution is 9.10. The fourth-order valence-electron chi connectivity index (χ4n) is 2.17. The Labute approximate surface area is 110 Å². The number of hydrogen-bond acceptors (Lipinski definition) is 2. The maximum atomic E-state index is 13.3. The highest BCUT2D eigenvalue weighted by Gasteiger charge is 2.11. The van der Waals surface area contributed by atoms with E-state index in [0.717, 1.165) is 44.7 Å².